The number of rotatable bonds is 4. The Bertz CT molecular complexity index is 475. The molecule has 0 bridgehead atoms. The maximum atomic E-state index is 12.3. The van der Waals surface area contributed by atoms with Gasteiger partial charge >= 0.3 is 0 Å². The molecule has 20 heavy (non-hydrogen) atoms. The topological polar surface area (TPSA) is 50.8 Å². The molecule has 1 aliphatic rings. The lowest BCUT2D eigenvalue weighted by Gasteiger charge is -2.29. The number of carbonyl (C=O) groups is 1. The third-order valence-electron chi connectivity index (χ3n) is 3.22. The first-order valence-corrected chi connectivity index (χ1v) is 7.41. The zero-order valence-corrected chi connectivity index (χ0v) is 13.3. The molecule has 6 heteroatoms. The van der Waals surface area contributed by atoms with Gasteiger partial charge < -0.3 is 19.7 Å². The van der Waals surface area contributed by atoms with Gasteiger partial charge in [0.2, 0.25) is 0 Å². The fraction of sp³-hybridized carbons (Fsp3) is 0.500. The van der Waals surface area contributed by atoms with E-state index >= 15 is 0 Å². The Labute approximate surface area is 127 Å². The van der Waals surface area contributed by atoms with Gasteiger partial charge in [0.1, 0.15) is 11.5 Å². The van der Waals surface area contributed by atoms with Gasteiger partial charge in [-0.15, -0.1) is 0 Å². The number of amides is 1. The molecule has 1 unspecified atom stereocenters. The summed E-state index contributed by atoms with van der Waals surface area (Å²) in [5, 5.41) is 3.22. The van der Waals surface area contributed by atoms with E-state index in [9.17, 15) is 4.79 Å². The molecule has 1 atom stereocenters. The Balaban J connectivity index is 1.99. The largest absolute Gasteiger partial charge is 0.497 e. The normalized spacial score (nSPS) is 16.6. The summed E-state index contributed by atoms with van der Waals surface area (Å²) in [6, 6.07) is 5.42. The lowest BCUT2D eigenvalue weighted by atomic mass is 10.2. The van der Waals surface area contributed by atoms with Gasteiger partial charge in [-0.2, -0.15) is 0 Å². The van der Waals surface area contributed by atoms with Crippen LogP contribution in [-0.2, 0) is 4.79 Å². The summed E-state index contributed by atoms with van der Waals surface area (Å²) in [7, 11) is 1.61. The summed E-state index contributed by atoms with van der Waals surface area (Å²) >= 11 is 3.42. The second-order valence-corrected chi connectivity index (χ2v) is 5.49. The van der Waals surface area contributed by atoms with Crippen molar-refractivity contribution in [2.24, 2.45) is 0 Å². The number of piperazine rings is 1. The van der Waals surface area contributed by atoms with Crippen molar-refractivity contribution in [1.82, 2.24) is 10.2 Å². The number of halogens is 1. The summed E-state index contributed by atoms with van der Waals surface area (Å²) in [4.78, 5) is 14.1. The van der Waals surface area contributed by atoms with E-state index in [4.69, 9.17) is 9.47 Å². The third kappa shape index (κ3) is 3.64. The van der Waals surface area contributed by atoms with Crippen LogP contribution in [0.25, 0.3) is 0 Å². The number of benzene rings is 1. The third-order valence-corrected chi connectivity index (χ3v) is 3.84. The number of methoxy groups -OCH3 is 1. The molecular formula is C14H19BrN2O3. The zero-order valence-electron chi connectivity index (χ0n) is 11.7. The first-order chi connectivity index (χ1) is 9.61. The molecule has 1 N–H and O–H groups in total. The first kappa shape index (κ1) is 15.1. The Hall–Kier alpha value is -1.27. The minimum Gasteiger partial charge on any atom is -0.497 e. The van der Waals surface area contributed by atoms with Crippen LogP contribution in [0.1, 0.15) is 6.92 Å². The molecule has 1 aliphatic heterocycles. The maximum Gasteiger partial charge on any atom is 0.263 e. The van der Waals surface area contributed by atoms with E-state index < -0.39 is 6.10 Å². The molecule has 1 aromatic rings. The van der Waals surface area contributed by atoms with Crippen LogP contribution in [-0.4, -0.2) is 50.2 Å². The molecule has 1 aromatic carbocycles. The lowest BCUT2D eigenvalue weighted by molar-refractivity contribution is -0.138. The van der Waals surface area contributed by atoms with Crippen molar-refractivity contribution in [3.8, 4) is 11.5 Å². The second-order valence-electron chi connectivity index (χ2n) is 4.63. The van der Waals surface area contributed by atoms with Crippen LogP contribution in [0.3, 0.4) is 0 Å². The molecule has 1 fully saturated rings. The summed E-state index contributed by atoms with van der Waals surface area (Å²) in [6.07, 6.45) is -0.502. The molecule has 0 aromatic heterocycles. The van der Waals surface area contributed by atoms with Crippen molar-refractivity contribution >= 4 is 21.8 Å². The predicted molar refractivity (Wildman–Crippen MR) is 80.2 cm³/mol. The van der Waals surface area contributed by atoms with Crippen molar-refractivity contribution < 1.29 is 14.3 Å². The summed E-state index contributed by atoms with van der Waals surface area (Å²) in [5.41, 5.74) is 0. The van der Waals surface area contributed by atoms with Gasteiger partial charge in [-0.05, 0) is 41.1 Å². The van der Waals surface area contributed by atoms with Gasteiger partial charge in [-0.25, -0.2) is 0 Å². The number of carbonyl (C=O) groups excluding carboxylic acids is 1. The average molecular weight is 343 g/mol. The molecule has 1 saturated heterocycles. The van der Waals surface area contributed by atoms with Gasteiger partial charge in [-0.1, -0.05) is 0 Å². The monoisotopic (exact) mass is 342 g/mol. The van der Waals surface area contributed by atoms with Crippen LogP contribution in [0.2, 0.25) is 0 Å². The van der Waals surface area contributed by atoms with Gasteiger partial charge in [-0.3, -0.25) is 4.79 Å². The second kappa shape index (κ2) is 6.95. The molecule has 0 radical (unpaired) electrons. The number of hydrogen-bond donors (Lipinski definition) is 1. The van der Waals surface area contributed by atoms with Gasteiger partial charge in [0.25, 0.3) is 5.91 Å². The fourth-order valence-electron chi connectivity index (χ4n) is 2.09. The Kier molecular flexibility index (Phi) is 5.25. The molecule has 0 spiro atoms. The highest BCUT2D eigenvalue weighted by Gasteiger charge is 2.23. The minimum absolute atomic E-state index is 0.0224. The smallest absolute Gasteiger partial charge is 0.263 e. The zero-order chi connectivity index (χ0) is 14.5. The minimum atomic E-state index is -0.502. The van der Waals surface area contributed by atoms with Crippen molar-refractivity contribution in [3.63, 3.8) is 0 Å². The standard InChI is InChI=1S/C14H19BrN2O3/c1-10(14(18)17-7-5-16-6-8-17)20-13-4-3-11(19-2)9-12(13)15/h3-4,9-10,16H,5-8H2,1-2H3. The van der Waals surface area contributed by atoms with Gasteiger partial charge in [0.15, 0.2) is 6.10 Å². The molecule has 1 amide bonds. The summed E-state index contributed by atoms with van der Waals surface area (Å²) in [5.74, 6) is 1.40. The van der Waals surface area contributed by atoms with E-state index in [2.05, 4.69) is 21.2 Å². The number of nitrogens with zero attached hydrogens (tertiary/aromatic N) is 1. The van der Waals surface area contributed by atoms with Crippen molar-refractivity contribution in [3.05, 3.63) is 22.7 Å². The Morgan fingerprint density at radius 1 is 1.40 bits per heavy atom. The average Bonchev–Trinajstić information content (AvgIpc) is 2.49. The van der Waals surface area contributed by atoms with E-state index in [1.807, 2.05) is 17.0 Å². The predicted octanol–water partition coefficient (Wildman–Crippen LogP) is 1.66. The Morgan fingerprint density at radius 3 is 2.70 bits per heavy atom. The Morgan fingerprint density at radius 2 is 2.10 bits per heavy atom. The van der Waals surface area contributed by atoms with E-state index in [1.54, 1.807) is 20.1 Å². The quantitative estimate of drug-likeness (QED) is 0.903. The van der Waals surface area contributed by atoms with E-state index in [1.165, 1.54) is 0 Å². The van der Waals surface area contributed by atoms with Crippen LogP contribution in [0.4, 0.5) is 0 Å². The van der Waals surface area contributed by atoms with Crippen LogP contribution >= 0.6 is 15.9 Å². The molecule has 2 rings (SSSR count). The SMILES string of the molecule is COc1ccc(OC(C)C(=O)N2CCNCC2)c(Br)c1. The van der Waals surface area contributed by atoms with Crippen molar-refractivity contribution in [2.75, 3.05) is 33.3 Å². The highest BCUT2D eigenvalue weighted by atomic mass is 79.9. The van der Waals surface area contributed by atoms with E-state index in [0.717, 1.165) is 36.4 Å². The highest BCUT2D eigenvalue weighted by molar-refractivity contribution is 9.10. The molecular weight excluding hydrogens is 324 g/mol. The van der Waals surface area contributed by atoms with E-state index in [-0.39, 0.29) is 5.91 Å². The fourth-order valence-corrected chi connectivity index (χ4v) is 2.54. The summed E-state index contributed by atoms with van der Waals surface area (Å²) < 4.78 is 11.7. The first-order valence-electron chi connectivity index (χ1n) is 6.61. The van der Waals surface area contributed by atoms with Crippen LogP contribution < -0.4 is 14.8 Å². The lowest BCUT2D eigenvalue weighted by Crippen LogP contribution is -2.50. The van der Waals surface area contributed by atoms with E-state index in [0.29, 0.717) is 5.75 Å². The summed E-state index contributed by atoms with van der Waals surface area (Å²) in [6.45, 7) is 4.92. The molecule has 1 heterocycles. The van der Waals surface area contributed by atoms with Crippen LogP contribution in [0.5, 0.6) is 11.5 Å². The number of ether oxygens (including phenoxy) is 2. The van der Waals surface area contributed by atoms with Crippen molar-refractivity contribution in [2.45, 2.75) is 13.0 Å². The van der Waals surface area contributed by atoms with Gasteiger partial charge in [0, 0.05) is 26.2 Å². The van der Waals surface area contributed by atoms with Crippen LogP contribution in [0.15, 0.2) is 22.7 Å². The molecule has 5 nitrogen and oxygen atoms in total. The molecule has 0 saturated carbocycles. The number of hydrogen-bond acceptors (Lipinski definition) is 4. The van der Waals surface area contributed by atoms with Crippen molar-refractivity contribution in [1.29, 1.82) is 0 Å². The molecule has 0 aliphatic carbocycles. The highest BCUT2D eigenvalue weighted by Crippen LogP contribution is 2.30. The van der Waals surface area contributed by atoms with Gasteiger partial charge in [0.05, 0.1) is 11.6 Å². The molecule has 110 valence electrons. The maximum absolute atomic E-state index is 12.3. The number of nitrogens with one attached hydrogen (secondary N) is 1. The van der Waals surface area contributed by atoms with Crippen LogP contribution in [0, 0.1) is 0 Å².